The summed E-state index contributed by atoms with van der Waals surface area (Å²) in [6, 6.07) is 49.3. The number of unbranched alkanes of at least 4 members (excludes halogenated alkanes) is 3. The molecule has 0 amide bonds. The summed E-state index contributed by atoms with van der Waals surface area (Å²) >= 11 is 19.4. The van der Waals surface area contributed by atoms with Crippen LogP contribution in [0.25, 0.3) is 33.4 Å². The lowest BCUT2D eigenvalue weighted by atomic mass is 9.83. The molecule has 0 radical (unpaired) electrons. The van der Waals surface area contributed by atoms with Gasteiger partial charge >= 0.3 is 0 Å². The molecule has 6 rings (SSSR count). The summed E-state index contributed by atoms with van der Waals surface area (Å²) in [7, 11) is -0.388. The fourth-order valence-electron chi connectivity index (χ4n) is 6.07. The molecule has 0 saturated carbocycles. The molecule has 0 atom stereocenters. The van der Waals surface area contributed by atoms with Crippen LogP contribution >= 0.6 is 34.8 Å². The van der Waals surface area contributed by atoms with E-state index in [1.54, 1.807) is 0 Å². The second-order valence-corrected chi connectivity index (χ2v) is 14.7. The van der Waals surface area contributed by atoms with Crippen molar-refractivity contribution in [2.75, 3.05) is 0 Å². The first kappa shape index (κ1) is 32.5. The van der Waals surface area contributed by atoms with Crippen LogP contribution in [-0.4, -0.2) is 0 Å². The minimum absolute atomic E-state index is 0.388. The maximum absolute atomic E-state index is 6.49. The van der Waals surface area contributed by atoms with Crippen LogP contribution in [0.3, 0.4) is 0 Å². The largest absolute Gasteiger partial charge is 0.175 e. The van der Waals surface area contributed by atoms with Crippen LogP contribution in [0.2, 0.25) is 15.1 Å². The SMILES string of the molecule is CCCCCCc1cc([S+](c2ccccc2)c2ccccc2)c(-c2ccc(Cl)cc2)c(-c2ccc(Cl)cc2)c1-c1ccc(Cl)cc1. The Morgan fingerprint density at radius 1 is 0.457 bits per heavy atom. The van der Waals surface area contributed by atoms with Crippen molar-refractivity contribution in [3.05, 3.63) is 160 Å². The quantitative estimate of drug-likeness (QED) is 0.0945. The van der Waals surface area contributed by atoms with E-state index < -0.39 is 0 Å². The molecular weight excluding hydrogens is 643 g/mol. The molecule has 4 heteroatoms. The Kier molecular flexibility index (Phi) is 10.9. The van der Waals surface area contributed by atoms with E-state index in [1.165, 1.54) is 56.2 Å². The lowest BCUT2D eigenvalue weighted by Gasteiger charge is -2.23. The Hall–Kier alpha value is -3.46. The minimum Gasteiger partial charge on any atom is -0.0843 e. The van der Waals surface area contributed by atoms with E-state index in [2.05, 4.69) is 110 Å². The minimum atomic E-state index is -0.388. The van der Waals surface area contributed by atoms with Crippen LogP contribution in [0.15, 0.2) is 154 Å². The Balaban J connectivity index is 1.77. The Bertz CT molecular complexity index is 1830. The Morgan fingerprint density at radius 2 is 0.891 bits per heavy atom. The van der Waals surface area contributed by atoms with Crippen molar-refractivity contribution in [3.63, 3.8) is 0 Å². The van der Waals surface area contributed by atoms with Crippen molar-refractivity contribution >= 4 is 45.7 Å². The van der Waals surface area contributed by atoms with Gasteiger partial charge in [-0.1, -0.05) is 134 Å². The first-order valence-electron chi connectivity index (χ1n) is 15.9. The van der Waals surface area contributed by atoms with Crippen LogP contribution in [0.4, 0.5) is 0 Å². The van der Waals surface area contributed by atoms with Crippen molar-refractivity contribution < 1.29 is 0 Å². The van der Waals surface area contributed by atoms with Crippen molar-refractivity contribution in [1.29, 1.82) is 0 Å². The molecule has 6 aromatic rings. The third-order valence-corrected chi connectivity index (χ3v) is 11.3. The predicted molar refractivity (Wildman–Crippen MR) is 201 cm³/mol. The van der Waals surface area contributed by atoms with Crippen LogP contribution < -0.4 is 0 Å². The average molecular weight is 679 g/mol. The van der Waals surface area contributed by atoms with Gasteiger partial charge in [0.15, 0.2) is 14.7 Å². The lowest BCUT2D eigenvalue weighted by molar-refractivity contribution is 0.667. The molecular formula is C42H36Cl3S+. The summed E-state index contributed by atoms with van der Waals surface area (Å²) < 4.78 is 0. The van der Waals surface area contributed by atoms with Crippen LogP contribution in [0.1, 0.15) is 38.2 Å². The molecule has 0 aliphatic rings. The van der Waals surface area contributed by atoms with E-state index in [0.29, 0.717) is 10.0 Å². The highest BCUT2D eigenvalue weighted by Gasteiger charge is 2.35. The van der Waals surface area contributed by atoms with E-state index in [9.17, 15) is 0 Å². The van der Waals surface area contributed by atoms with Crippen molar-refractivity contribution in [2.45, 2.75) is 53.7 Å². The van der Waals surface area contributed by atoms with Crippen molar-refractivity contribution in [3.8, 4) is 33.4 Å². The molecule has 0 nitrogen and oxygen atoms in total. The van der Waals surface area contributed by atoms with E-state index in [-0.39, 0.29) is 10.9 Å². The van der Waals surface area contributed by atoms with Gasteiger partial charge in [0.25, 0.3) is 0 Å². The molecule has 0 heterocycles. The summed E-state index contributed by atoms with van der Waals surface area (Å²) in [4.78, 5) is 3.86. The van der Waals surface area contributed by atoms with Gasteiger partial charge in [-0.2, -0.15) is 0 Å². The van der Waals surface area contributed by atoms with Crippen LogP contribution in [0.5, 0.6) is 0 Å². The molecule has 0 aromatic heterocycles. The molecule has 0 bridgehead atoms. The third-order valence-electron chi connectivity index (χ3n) is 8.25. The van der Waals surface area contributed by atoms with Gasteiger partial charge in [0.05, 0.1) is 10.9 Å². The van der Waals surface area contributed by atoms with E-state index in [4.69, 9.17) is 34.8 Å². The number of hydrogen-bond donors (Lipinski definition) is 0. The fourth-order valence-corrected chi connectivity index (χ4v) is 8.77. The standard InChI is InChI=1S/C42H36Cl3S/c1-2-3-4-7-12-33-29-39(46(37-13-8-5-9-14-37)38-15-10-6-11-16-38)41(31-19-25-35(44)26-20-31)42(32-21-27-36(45)28-22-32)40(33)30-17-23-34(43)24-18-30/h5-6,8-11,13-29H,2-4,7,12H2,1H3/q+1. The van der Waals surface area contributed by atoms with Gasteiger partial charge < -0.3 is 0 Å². The number of hydrogen-bond acceptors (Lipinski definition) is 0. The topological polar surface area (TPSA) is 0 Å². The molecule has 0 fully saturated rings. The van der Waals surface area contributed by atoms with Crippen LogP contribution in [-0.2, 0) is 17.3 Å². The van der Waals surface area contributed by atoms with Gasteiger partial charge in [-0.3, -0.25) is 0 Å². The maximum Gasteiger partial charge on any atom is 0.175 e. The molecule has 230 valence electrons. The summed E-state index contributed by atoms with van der Waals surface area (Å²) in [5.41, 5.74) is 8.41. The Morgan fingerprint density at radius 3 is 1.35 bits per heavy atom. The number of benzene rings is 6. The lowest BCUT2D eigenvalue weighted by Crippen LogP contribution is -2.10. The maximum atomic E-state index is 6.49. The normalized spacial score (nSPS) is 11.2. The number of halogens is 3. The molecule has 6 aromatic carbocycles. The van der Waals surface area contributed by atoms with Crippen LogP contribution in [0, 0.1) is 0 Å². The average Bonchev–Trinajstić information content (AvgIpc) is 3.09. The summed E-state index contributed by atoms with van der Waals surface area (Å²) in [6.07, 6.45) is 5.73. The fraction of sp³-hybridized carbons (Fsp3) is 0.143. The van der Waals surface area contributed by atoms with Gasteiger partial charge in [0.1, 0.15) is 0 Å². The van der Waals surface area contributed by atoms with Gasteiger partial charge in [-0.05, 0) is 107 Å². The molecule has 0 N–H and O–H groups in total. The van der Waals surface area contributed by atoms with Gasteiger partial charge in [0.2, 0.25) is 0 Å². The molecule has 46 heavy (non-hydrogen) atoms. The van der Waals surface area contributed by atoms with Gasteiger partial charge in [-0.15, -0.1) is 0 Å². The zero-order valence-corrected chi connectivity index (χ0v) is 28.9. The molecule has 0 saturated heterocycles. The first-order chi connectivity index (χ1) is 22.5. The number of aryl methyl sites for hydroxylation is 1. The monoisotopic (exact) mass is 677 g/mol. The highest BCUT2D eigenvalue weighted by atomic mass is 35.5. The van der Waals surface area contributed by atoms with Gasteiger partial charge in [0, 0.05) is 26.2 Å². The molecule has 0 spiro atoms. The summed E-state index contributed by atoms with van der Waals surface area (Å²) in [5, 5.41) is 2.16. The zero-order chi connectivity index (χ0) is 31.9. The van der Waals surface area contributed by atoms with E-state index >= 15 is 0 Å². The molecule has 0 aliphatic carbocycles. The molecule has 0 unspecified atom stereocenters. The third kappa shape index (κ3) is 7.40. The molecule has 0 aliphatic heterocycles. The summed E-state index contributed by atoms with van der Waals surface area (Å²) in [6.45, 7) is 2.27. The smallest absolute Gasteiger partial charge is 0.0843 e. The Labute approximate surface area is 291 Å². The highest BCUT2D eigenvalue weighted by Crippen LogP contribution is 2.49. The summed E-state index contributed by atoms with van der Waals surface area (Å²) in [5.74, 6) is 0. The van der Waals surface area contributed by atoms with E-state index in [1.807, 2.05) is 36.4 Å². The van der Waals surface area contributed by atoms with Crippen molar-refractivity contribution in [1.82, 2.24) is 0 Å². The predicted octanol–water partition coefficient (Wildman–Crippen LogP) is 13.9. The van der Waals surface area contributed by atoms with Crippen molar-refractivity contribution in [2.24, 2.45) is 0 Å². The number of rotatable bonds is 11. The second kappa shape index (κ2) is 15.4. The van der Waals surface area contributed by atoms with E-state index in [0.717, 1.165) is 34.6 Å². The zero-order valence-electron chi connectivity index (χ0n) is 25.9. The first-order valence-corrected chi connectivity index (χ1v) is 18.2. The van der Waals surface area contributed by atoms with Gasteiger partial charge in [-0.25, -0.2) is 0 Å². The second-order valence-electron chi connectivity index (χ2n) is 11.4. The highest BCUT2D eigenvalue weighted by molar-refractivity contribution is 7.97.